The molecule has 5 heteroatoms. The number of carbonyl (C=O) groups is 1. The van der Waals surface area contributed by atoms with Crippen LogP contribution in [0.5, 0.6) is 0 Å². The average molecular weight is 411 g/mol. The number of anilines is 1. The van der Waals surface area contributed by atoms with Crippen LogP contribution >= 0.6 is 0 Å². The van der Waals surface area contributed by atoms with Crippen LogP contribution in [0.4, 0.5) is 5.69 Å². The van der Waals surface area contributed by atoms with Gasteiger partial charge in [-0.1, -0.05) is 42.5 Å². The topological polar surface area (TPSA) is 39.1 Å². The summed E-state index contributed by atoms with van der Waals surface area (Å²) < 4.78 is 0. The fraction of sp³-hybridized carbons (Fsp3) is 0.231. The van der Waals surface area contributed by atoms with Crippen LogP contribution in [0.15, 0.2) is 89.3 Å². The molecule has 0 aliphatic carbocycles. The number of para-hydroxylation sites is 1. The molecule has 0 atom stereocenters. The average Bonchev–Trinajstić information content (AvgIpc) is 2.84. The summed E-state index contributed by atoms with van der Waals surface area (Å²) in [6.07, 6.45) is 8.39. The Hall–Kier alpha value is -3.44. The van der Waals surface area contributed by atoms with Gasteiger partial charge < -0.3 is 14.7 Å². The minimum atomic E-state index is 0.679. The first-order valence-corrected chi connectivity index (χ1v) is 10.8. The van der Waals surface area contributed by atoms with E-state index in [1.165, 1.54) is 5.57 Å². The van der Waals surface area contributed by atoms with Crippen molar-refractivity contribution in [2.75, 3.05) is 38.1 Å². The van der Waals surface area contributed by atoms with Crippen molar-refractivity contribution in [2.24, 2.45) is 4.99 Å². The van der Waals surface area contributed by atoms with Gasteiger partial charge in [0.25, 0.3) is 0 Å². The Balaban J connectivity index is 1.52. The highest BCUT2D eigenvalue weighted by atomic mass is 16.1. The summed E-state index contributed by atoms with van der Waals surface area (Å²) in [6, 6.07) is 18.1. The van der Waals surface area contributed by atoms with E-state index in [4.69, 9.17) is 4.99 Å². The predicted molar refractivity (Wildman–Crippen MR) is 126 cm³/mol. The number of aliphatic imine (C=N–C) groups is 1. The molecule has 3 aliphatic rings. The van der Waals surface area contributed by atoms with Crippen molar-refractivity contribution in [3.63, 3.8) is 0 Å². The second kappa shape index (κ2) is 8.36. The molecule has 5 rings (SSSR count). The number of piperazine rings is 1. The SMILES string of the molecule is CN1CCN(C2=CCC3=CN(c4ccccc4)C(c4ccc(C=O)cc4)=CC3=N2)CC1. The Bertz CT molecular complexity index is 1090. The van der Waals surface area contributed by atoms with Crippen molar-refractivity contribution in [3.05, 3.63) is 95.5 Å². The van der Waals surface area contributed by atoms with Gasteiger partial charge >= 0.3 is 0 Å². The van der Waals surface area contributed by atoms with Crippen LogP contribution in [0.3, 0.4) is 0 Å². The minimum Gasteiger partial charge on any atom is -0.354 e. The van der Waals surface area contributed by atoms with E-state index < -0.39 is 0 Å². The lowest BCUT2D eigenvalue weighted by Gasteiger charge is -2.36. The van der Waals surface area contributed by atoms with Crippen molar-refractivity contribution in [3.8, 4) is 0 Å². The number of benzene rings is 2. The minimum absolute atomic E-state index is 0.679. The van der Waals surface area contributed by atoms with Crippen LogP contribution < -0.4 is 4.90 Å². The fourth-order valence-corrected chi connectivity index (χ4v) is 4.21. The molecule has 3 heterocycles. The van der Waals surface area contributed by atoms with E-state index in [1.807, 2.05) is 30.3 Å². The maximum absolute atomic E-state index is 11.1. The zero-order valence-electron chi connectivity index (χ0n) is 17.7. The summed E-state index contributed by atoms with van der Waals surface area (Å²) in [4.78, 5) is 23.1. The smallest absolute Gasteiger partial charge is 0.150 e. The van der Waals surface area contributed by atoms with Gasteiger partial charge in [0.05, 0.1) is 11.4 Å². The fourth-order valence-electron chi connectivity index (χ4n) is 4.21. The van der Waals surface area contributed by atoms with E-state index in [1.54, 1.807) is 0 Å². The quantitative estimate of drug-likeness (QED) is 0.709. The second-order valence-corrected chi connectivity index (χ2v) is 8.18. The number of rotatable bonds is 4. The Morgan fingerprint density at radius 3 is 2.39 bits per heavy atom. The van der Waals surface area contributed by atoms with Gasteiger partial charge in [0.15, 0.2) is 0 Å². The highest BCUT2D eigenvalue weighted by Gasteiger charge is 2.25. The van der Waals surface area contributed by atoms with Crippen molar-refractivity contribution >= 4 is 23.4 Å². The zero-order chi connectivity index (χ0) is 21.2. The first-order chi connectivity index (χ1) is 15.2. The Kier molecular flexibility index (Phi) is 5.26. The van der Waals surface area contributed by atoms with Gasteiger partial charge in [0.2, 0.25) is 0 Å². The lowest BCUT2D eigenvalue weighted by atomic mass is 9.97. The molecule has 0 aromatic heterocycles. The first-order valence-electron chi connectivity index (χ1n) is 10.8. The molecule has 0 spiro atoms. The summed E-state index contributed by atoms with van der Waals surface area (Å²) in [5.74, 6) is 1.08. The summed E-state index contributed by atoms with van der Waals surface area (Å²) in [5, 5.41) is 0. The van der Waals surface area contributed by atoms with Gasteiger partial charge in [-0.05, 0) is 48.9 Å². The second-order valence-electron chi connectivity index (χ2n) is 8.18. The van der Waals surface area contributed by atoms with Gasteiger partial charge in [0.1, 0.15) is 12.1 Å². The highest BCUT2D eigenvalue weighted by Crippen LogP contribution is 2.34. The third-order valence-electron chi connectivity index (χ3n) is 6.09. The van der Waals surface area contributed by atoms with Crippen molar-refractivity contribution in [1.29, 1.82) is 0 Å². The number of allylic oxidation sites excluding steroid dienone is 3. The van der Waals surface area contributed by atoms with Gasteiger partial charge in [-0.15, -0.1) is 0 Å². The van der Waals surface area contributed by atoms with Crippen LogP contribution in [-0.4, -0.2) is 55.0 Å². The van der Waals surface area contributed by atoms with E-state index in [9.17, 15) is 4.79 Å². The normalized spacial score (nSPS) is 19.1. The number of likely N-dealkylation sites (N-methyl/N-ethyl adjacent to an activating group) is 1. The largest absolute Gasteiger partial charge is 0.354 e. The number of aldehydes is 1. The molecule has 31 heavy (non-hydrogen) atoms. The Morgan fingerprint density at radius 1 is 0.935 bits per heavy atom. The van der Waals surface area contributed by atoms with Gasteiger partial charge in [-0.3, -0.25) is 4.79 Å². The number of hydrogen-bond acceptors (Lipinski definition) is 5. The standard InChI is InChI=1S/C26H26N4O/c1-28-13-15-29(16-14-28)26-12-11-22-18-30(23-5-3-2-4-6-23)25(17-24(22)27-26)21-9-7-20(19-31)8-10-21/h2-10,12,17-19H,11,13-16H2,1H3. The molecule has 1 fully saturated rings. The van der Waals surface area contributed by atoms with Gasteiger partial charge in [0, 0.05) is 43.6 Å². The first kappa shape index (κ1) is 19.5. The van der Waals surface area contributed by atoms with Crippen LogP contribution in [0, 0.1) is 0 Å². The molecule has 0 amide bonds. The van der Waals surface area contributed by atoms with Gasteiger partial charge in [-0.2, -0.15) is 0 Å². The Labute approximate surface area is 183 Å². The van der Waals surface area contributed by atoms with E-state index >= 15 is 0 Å². The molecule has 0 bridgehead atoms. The number of hydrogen-bond donors (Lipinski definition) is 0. The van der Waals surface area contributed by atoms with Crippen LogP contribution in [0.25, 0.3) is 5.70 Å². The van der Waals surface area contributed by atoms with Crippen molar-refractivity contribution in [1.82, 2.24) is 9.80 Å². The summed E-state index contributed by atoms with van der Waals surface area (Å²) in [7, 11) is 2.17. The van der Waals surface area contributed by atoms with Crippen molar-refractivity contribution < 1.29 is 4.79 Å². The monoisotopic (exact) mass is 410 g/mol. The summed E-state index contributed by atoms with van der Waals surface area (Å²) in [5.41, 5.74) is 6.15. The van der Waals surface area contributed by atoms with E-state index in [0.717, 1.165) is 67.4 Å². The van der Waals surface area contributed by atoms with E-state index in [0.29, 0.717) is 5.56 Å². The van der Waals surface area contributed by atoms with Crippen molar-refractivity contribution in [2.45, 2.75) is 6.42 Å². The zero-order valence-corrected chi connectivity index (χ0v) is 17.7. The predicted octanol–water partition coefficient (Wildman–Crippen LogP) is 4.18. The molecule has 3 aliphatic heterocycles. The molecule has 5 nitrogen and oxygen atoms in total. The maximum Gasteiger partial charge on any atom is 0.150 e. The molecule has 0 radical (unpaired) electrons. The number of carbonyl (C=O) groups excluding carboxylic acids is 1. The molecule has 156 valence electrons. The van der Waals surface area contributed by atoms with Crippen LogP contribution in [-0.2, 0) is 0 Å². The van der Waals surface area contributed by atoms with Crippen LogP contribution in [0.2, 0.25) is 0 Å². The van der Waals surface area contributed by atoms with Crippen LogP contribution in [0.1, 0.15) is 22.3 Å². The third kappa shape index (κ3) is 3.97. The number of nitrogens with zero attached hydrogens (tertiary/aromatic N) is 4. The van der Waals surface area contributed by atoms with E-state index in [2.05, 4.69) is 64.4 Å². The molecule has 0 unspecified atom stereocenters. The van der Waals surface area contributed by atoms with Gasteiger partial charge in [-0.25, -0.2) is 4.99 Å². The molecule has 0 saturated carbocycles. The molecular formula is C26H26N4O. The molecular weight excluding hydrogens is 384 g/mol. The molecule has 2 aromatic carbocycles. The molecule has 2 aromatic rings. The third-order valence-corrected chi connectivity index (χ3v) is 6.09. The highest BCUT2D eigenvalue weighted by molar-refractivity contribution is 6.16. The molecule has 0 N–H and O–H groups in total. The maximum atomic E-state index is 11.1. The molecule has 1 saturated heterocycles. The lowest BCUT2D eigenvalue weighted by Crippen LogP contribution is -2.44. The summed E-state index contributed by atoms with van der Waals surface area (Å²) >= 11 is 0. The summed E-state index contributed by atoms with van der Waals surface area (Å²) in [6.45, 7) is 4.16. The van der Waals surface area contributed by atoms with E-state index in [-0.39, 0.29) is 0 Å². The number of fused-ring (bicyclic) bond motifs is 1. The Morgan fingerprint density at radius 2 is 1.68 bits per heavy atom. The lowest BCUT2D eigenvalue weighted by molar-refractivity contribution is 0.112.